The van der Waals surface area contributed by atoms with Crippen molar-refractivity contribution in [3.05, 3.63) is 23.8 Å². The summed E-state index contributed by atoms with van der Waals surface area (Å²) >= 11 is 0. The molecule has 1 unspecified atom stereocenters. The lowest BCUT2D eigenvalue weighted by atomic mass is 10.0. The molecule has 1 aromatic carbocycles. The Bertz CT molecular complexity index is 314. The molecule has 2 heteroatoms. The second-order valence-corrected chi connectivity index (χ2v) is 5.07. The smallest absolute Gasteiger partial charge is 0.163 e. The van der Waals surface area contributed by atoms with Gasteiger partial charge in [-0.05, 0) is 30.9 Å². The van der Waals surface area contributed by atoms with Crippen molar-refractivity contribution in [3.8, 4) is 11.5 Å². The van der Waals surface area contributed by atoms with Crippen molar-refractivity contribution in [1.82, 2.24) is 0 Å². The first-order chi connectivity index (χ1) is 9.06. The number of para-hydroxylation sites is 1. The van der Waals surface area contributed by atoms with Crippen LogP contribution in [0, 0.1) is 12.8 Å². The molecular weight excluding hydrogens is 236 g/mol. The molecule has 0 heterocycles. The molecule has 0 aromatic heterocycles. The SMILES string of the molecule is CCCC(C)CC.CCCOc1c(C)cccc1O. The van der Waals surface area contributed by atoms with Gasteiger partial charge < -0.3 is 9.84 Å². The van der Waals surface area contributed by atoms with Crippen molar-refractivity contribution in [1.29, 1.82) is 0 Å². The second-order valence-electron chi connectivity index (χ2n) is 5.07. The molecule has 0 spiro atoms. The van der Waals surface area contributed by atoms with Crippen molar-refractivity contribution >= 4 is 0 Å². The second kappa shape index (κ2) is 10.7. The molecule has 0 aliphatic carbocycles. The molecule has 0 fully saturated rings. The van der Waals surface area contributed by atoms with Gasteiger partial charge in [0.1, 0.15) is 0 Å². The van der Waals surface area contributed by atoms with Gasteiger partial charge in [0.2, 0.25) is 0 Å². The minimum atomic E-state index is 0.225. The molecule has 0 amide bonds. The maximum absolute atomic E-state index is 9.39. The van der Waals surface area contributed by atoms with Gasteiger partial charge in [-0.3, -0.25) is 0 Å². The van der Waals surface area contributed by atoms with Gasteiger partial charge in [-0.1, -0.05) is 59.1 Å². The molecule has 0 bridgehead atoms. The minimum Gasteiger partial charge on any atom is -0.504 e. The van der Waals surface area contributed by atoms with E-state index in [4.69, 9.17) is 4.74 Å². The van der Waals surface area contributed by atoms with Crippen LogP contribution in [0.4, 0.5) is 0 Å². The molecule has 1 aromatic rings. The largest absolute Gasteiger partial charge is 0.504 e. The third-order valence-corrected chi connectivity index (χ3v) is 3.12. The summed E-state index contributed by atoms with van der Waals surface area (Å²) in [6, 6.07) is 5.37. The van der Waals surface area contributed by atoms with E-state index in [1.54, 1.807) is 6.07 Å². The summed E-state index contributed by atoms with van der Waals surface area (Å²) in [7, 11) is 0. The van der Waals surface area contributed by atoms with E-state index in [1.165, 1.54) is 19.3 Å². The number of benzene rings is 1. The van der Waals surface area contributed by atoms with Gasteiger partial charge >= 0.3 is 0 Å². The molecule has 110 valence electrons. The third-order valence-electron chi connectivity index (χ3n) is 3.12. The number of phenols is 1. The average Bonchev–Trinajstić information content (AvgIpc) is 2.39. The Morgan fingerprint density at radius 2 is 1.84 bits per heavy atom. The summed E-state index contributed by atoms with van der Waals surface area (Å²) in [5.41, 5.74) is 0.975. The fourth-order valence-corrected chi connectivity index (χ4v) is 1.73. The maximum Gasteiger partial charge on any atom is 0.163 e. The van der Waals surface area contributed by atoms with E-state index in [1.807, 2.05) is 26.0 Å². The van der Waals surface area contributed by atoms with Crippen LogP contribution < -0.4 is 4.74 Å². The molecule has 1 N–H and O–H groups in total. The van der Waals surface area contributed by atoms with Crippen molar-refractivity contribution in [2.45, 2.75) is 60.3 Å². The Hall–Kier alpha value is -1.18. The normalized spacial score (nSPS) is 11.4. The summed E-state index contributed by atoms with van der Waals surface area (Å²) in [4.78, 5) is 0. The standard InChI is InChI=1S/C10H14O2.C7H16/c1-3-7-12-10-8(2)5-4-6-9(10)11;1-4-6-7(3)5-2/h4-6,11H,3,7H2,1-2H3;7H,4-6H2,1-3H3. The molecule has 2 nitrogen and oxygen atoms in total. The van der Waals surface area contributed by atoms with Crippen LogP contribution in [0.1, 0.15) is 58.9 Å². The Balaban J connectivity index is 0.000000399. The van der Waals surface area contributed by atoms with E-state index in [2.05, 4.69) is 20.8 Å². The Morgan fingerprint density at radius 1 is 1.16 bits per heavy atom. The molecule has 1 atom stereocenters. The number of hydrogen-bond acceptors (Lipinski definition) is 2. The van der Waals surface area contributed by atoms with E-state index in [0.29, 0.717) is 12.4 Å². The average molecular weight is 266 g/mol. The third kappa shape index (κ3) is 7.76. The topological polar surface area (TPSA) is 29.5 Å². The fourth-order valence-electron chi connectivity index (χ4n) is 1.73. The van der Waals surface area contributed by atoms with Crippen molar-refractivity contribution in [3.63, 3.8) is 0 Å². The van der Waals surface area contributed by atoms with Gasteiger partial charge in [-0.15, -0.1) is 0 Å². The highest BCUT2D eigenvalue weighted by molar-refractivity contribution is 5.44. The van der Waals surface area contributed by atoms with Crippen LogP contribution in [0.5, 0.6) is 11.5 Å². The van der Waals surface area contributed by atoms with Gasteiger partial charge in [0.25, 0.3) is 0 Å². The van der Waals surface area contributed by atoms with Crippen LogP contribution in [-0.2, 0) is 0 Å². The van der Waals surface area contributed by atoms with Crippen LogP contribution in [0.2, 0.25) is 0 Å². The van der Waals surface area contributed by atoms with Crippen molar-refractivity contribution < 1.29 is 9.84 Å². The molecular formula is C17H30O2. The quantitative estimate of drug-likeness (QED) is 0.755. The van der Waals surface area contributed by atoms with E-state index in [-0.39, 0.29) is 5.75 Å². The lowest BCUT2D eigenvalue weighted by Gasteiger charge is -2.08. The zero-order valence-corrected chi connectivity index (χ0v) is 13.2. The highest BCUT2D eigenvalue weighted by Crippen LogP contribution is 2.29. The monoisotopic (exact) mass is 266 g/mol. The van der Waals surface area contributed by atoms with Crippen LogP contribution >= 0.6 is 0 Å². The number of hydrogen-bond donors (Lipinski definition) is 1. The van der Waals surface area contributed by atoms with E-state index in [0.717, 1.165) is 17.9 Å². The zero-order chi connectivity index (χ0) is 14.7. The van der Waals surface area contributed by atoms with Crippen LogP contribution in [0.15, 0.2) is 18.2 Å². The van der Waals surface area contributed by atoms with E-state index >= 15 is 0 Å². The number of rotatable bonds is 6. The predicted molar refractivity (Wildman–Crippen MR) is 83.0 cm³/mol. The van der Waals surface area contributed by atoms with E-state index < -0.39 is 0 Å². The Labute approximate surface area is 118 Å². The number of aryl methyl sites for hydroxylation is 1. The van der Waals surface area contributed by atoms with Gasteiger partial charge in [0.15, 0.2) is 11.5 Å². The maximum atomic E-state index is 9.39. The summed E-state index contributed by atoms with van der Waals surface area (Å²) < 4.78 is 5.37. The van der Waals surface area contributed by atoms with Crippen LogP contribution in [0.25, 0.3) is 0 Å². The molecule has 1 rings (SSSR count). The first-order valence-corrected chi connectivity index (χ1v) is 7.48. The molecule has 0 aliphatic rings. The van der Waals surface area contributed by atoms with Gasteiger partial charge in [0, 0.05) is 0 Å². The summed E-state index contributed by atoms with van der Waals surface area (Å²) in [5, 5.41) is 9.39. The number of aromatic hydroxyl groups is 1. The Kier molecular flexibility index (Phi) is 10.1. The summed E-state index contributed by atoms with van der Waals surface area (Å²) in [5.74, 6) is 1.78. The molecule has 0 saturated heterocycles. The van der Waals surface area contributed by atoms with Crippen LogP contribution in [-0.4, -0.2) is 11.7 Å². The molecule has 0 radical (unpaired) electrons. The van der Waals surface area contributed by atoms with Gasteiger partial charge in [-0.25, -0.2) is 0 Å². The highest BCUT2D eigenvalue weighted by Gasteiger charge is 2.03. The minimum absolute atomic E-state index is 0.225. The van der Waals surface area contributed by atoms with Crippen molar-refractivity contribution in [2.24, 2.45) is 5.92 Å². The Morgan fingerprint density at radius 3 is 2.26 bits per heavy atom. The van der Waals surface area contributed by atoms with Gasteiger partial charge in [-0.2, -0.15) is 0 Å². The fraction of sp³-hybridized carbons (Fsp3) is 0.647. The highest BCUT2D eigenvalue weighted by atomic mass is 16.5. The lowest BCUT2D eigenvalue weighted by molar-refractivity contribution is 0.297. The molecule has 19 heavy (non-hydrogen) atoms. The molecule has 0 saturated carbocycles. The predicted octanol–water partition coefficient (Wildman–Crippen LogP) is 5.32. The van der Waals surface area contributed by atoms with Crippen molar-refractivity contribution in [2.75, 3.05) is 6.61 Å². The lowest BCUT2D eigenvalue weighted by Crippen LogP contribution is -1.96. The molecule has 0 aliphatic heterocycles. The first kappa shape index (κ1) is 17.8. The number of ether oxygens (including phenoxy) is 1. The van der Waals surface area contributed by atoms with Gasteiger partial charge in [0.05, 0.1) is 6.61 Å². The zero-order valence-electron chi connectivity index (χ0n) is 13.2. The number of phenolic OH excluding ortho intramolecular Hbond substituents is 1. The summed E-state index contributed by atoms with van der Waals surface area (Å²) in [6.45, 7) is 11.4. The summed E-state index contributed by atoms with van der Waals surface area (Å²) in [6.07, 6.45) is 5.03. The van der Waals surface area contributed by atoms with E-state index in [9.17, 15) is 5.11 Å². The first-order valence-electron chi connectivity index (χ1n) is 7.48. The van der Waals surface area contributed by atoms with Crippen LogP contribution in [0.3, 0.4) is 0 Å².